The Labute approximate surface area is 162 Å². The van der Waals surface area contributed by atoms with Crippen LogP contribution in [-0.4, -0.2) is 32.6 Å². The number of non-ortho nitro benzene ring substituents is 1. The molecule has 0 atom stereocenters. The lowest BCUT2D eigenvalue weighted by Gasteiger charge is -2.27. The zero-order valence-electron chi connectivity index (χ0n) is 14.9. The first-order valence-electron chi connectivity index (χ1n) is 8.53. The van der Waals surface area contributed by atoms with E-state index in [1.165, 1.54) is 36.2 Å². The number of H-pyrrole nitrogens is 1. The number of thioether (sulfide) groups is 1. The second-order valence-corrected chi connectivity index (χ2v) is 7.28. The Morgan fingerprint density at radius 3 is 2.96 bits per heavy atom. The molecule has 0 radical (unpaired) electrons. The number of aromatic nitrogens is 2. The SMILES string of the molecule is CSc1nc2c(c(=O)[nH]1)CN(Cc1coc3ccc([N+](=O)[O-])cc3c1=O)CC2. The van der Waals surface area contributed by atoms with E-state index in [2.05, 4.69) is 9.97 Å². The number of rotatable bonds is 4. The van der Waals surface area contributed by atoms with Crippen molar-refractivity contribution in [2.24, 2.45) is 0 Å². The molecule has 0 aliphatic carbocycles. The summed E-state index contributed by atoms with van der Waals surface area (Å²) >= 11 is 1.38. The zero-order valence-corrected chi connectivity index (χ0v) is 15.7. The Kier molecular flexibility index (Phi) is 4.73. The van der Waals surface area contributed by atoms with Crippen molar-refractivity contribution < 1.29 is 9.34 Å². The van der Waals surface area contributed by atoms with Gasteiger partial charge in [0.1, 0.15) is 5.58 Å². The fourth-order valence-corrected chi connectivity index (χ4v) is 3.71. The largest absolute Gasteiger partial charge is 0.464 e. The molecule has 9 nitrogen and oxygen atoms in total. The Morgan fingerprint density at radius 2 is 2.21 bits per heavy atom. The van der Waals surface area contributed by atoms with Crippen LogP contribution in [0.15, 0.2) is 43.6 Å². The first-order chi connectivity index (χ1) is 13.5. The van der Waals surface area contributed by atoms with Crippen molar-refractivity contribution in [2.45, 2.75) is 24.7 Å². The van der Waals surface area contributed by atoms with E-state index in [4.69, 9.17) is 4.42 Å². The maximum absolute atomic E-state index is 12.8. The predicted octanol–water partition coefficient (Wildman–Crippen LogP) is 2.06. The van der Waals surface area contributed by atoms with Crippen LogP contribution in [-0.2, 0) is 19.5 Å². The number of fused-ring (bicyclic) bond motifs is 2. The van der Waals surface area contributed by atoms with Crippen LogP contribution >= 0.6 is 11.8 Å². The first kappa shape index (κ1) is 18.4. The molecule has 144 valence electrons. The van der Waals surface area contributed by atoms with Gasteiger partial charge in [-0.15, -0.1) is 0 Å². The maximum Gasteiger partial charge on any atom is 0.270 e. The summed E-state index contributed by atoms with van der Waals surface area (Å²) in [7, 11) is 0. The van der Waals surface area contributed by atoms with Gasteiger partial charge >= 0.3 is 0 Å². The smallest absolute Gasteiger partial charge is 0.270 e. The summed E-state index contributed by atoms with van der Waals surface area (Å²) < 4.78 is 5.49. The molecule has 1 aliphatic heterocycles. The van der Waals surface area contributed by atoms with E-state index < -0.39 is 4.92 Å². The van der Waals surface area contributed by atoms with Crippen LogP contribution in [0.3, 0.4) is 0 Å². The average Bonchev–Trinajstić information content (AvgIpc) is 2.70. The Morgan fingerprint density at radius 1 is 1.39 bits per heavy atom. The number of hydrogen-bond donors (Lipinski definition) is 1. The van der Waals surface area contributed by atoms with Gasteiger partial charge in [0, 0.05) is 43.8 Å². The Hall–Kier alpha value is -2.98. The number of hydrogen-bond acceptors (Lipinski definition) is 8. The third kappa shape index (κ3) is 3.32. The second-order valence-electron chi connectivity index (χ2n) is 6.49. The summed E-state index contributed by atoms with van der Waals surface area (Å²) in [5.74, 6) is 0. The molecular weight excluding hydrogens is 384 g/mol. The number of nitrogens with zero attached hydrogens (tertiary/aromatic N) is 3. The van der Waals surface area contributed by atoms with Crippen molar-refractivity contribution in [1.29, 1.82) is 0 Å². The van der Waals surface area contributed by atoms with Gasteiger partial charge in [-0.2, -0.15) is 0 Å². The molecular formula is C18H16N4O5S. The molecule has 0 fully saturated rings. The van der Waals surface area contributed by atoms with Gasteiger partial charge in [-0.3, -0.25) is 24.6 Å². The lowest BCUT2D eigenvalue weighted by molar-refractivity contribution is -0.384. The van der Waals surface area contributed by atoms with E-state index in [1.807, 2.05) is 11.2 Å². The average molecular weight is 400 g/mol. The van der Waals surface area contributed by atoms with Gasteiger partial charge < -0.3 is 9.40 Å². The van der Waals surface area contributed by atoms with Crippen molar-refractivity contribution in [3.05, 3.63) is 72.0 Å². The summed E-state index contributed by atoms with van der Waals surface area (Å²) in [6.07, 6.45) is 3.84. The number of nitro groups is 1. The van der Waals surface area contributed by atoms with Crippen LogP contribution in [0.5, 0.6) is 0 Å². The fraction of sp³-hybridized carbons (Fsp3) is 0.278. The quantitative estimate of drug-likeness (QED) is 0.306. The monoisotopic (exact) mass is 400 g/mol. The van der Waals surface area contributed by atoms with Gasteiger partial charge in [-0.05, 0) is 12.3 Å². The van der Waals surface area contributed by atoms with Gasteiger partial charge in [0.2, 0.25) is 0 Å². The Balaban J connectivity index is 1.64. The van der Waals surface area contributed by atoms with Crippen LogP contribution in [0.2, 0.25) is 0 Å². The molecule has 4 rings (SSSR count). The van der Waals surface area contributed by atoms with Crippen molar-refractivity contribution in [1.82, 2.24) is 14.9 Å². The highest BCUT2D eigenvalue weighted by molar-refractivity contribution is 7.98. The zero-order chi connectivity index (χ0) is 19.8. The fourth-order valence-electron chi connectivity index (χ4n) is 3.31. The van der Waals surface area contributed by atoms with E-state index in [0.717, 1.165) is 5.69 Å². The minimum atomic E-state index is -0.546. The molecule has 2 aromatic heterocycles. The van der Waals surface area contributed by atoms with E-state index in [-0.39, 0.29) is 28.6 Å². The van der Waals surface area contributed by atoms with Gasteiger partial charge in [0.05, 0.1) is 27.8 Å². The standard InChI is InChI=1S/C18H16N4O5S/c1-28-18-19-14-4-5-21(8-13(14)17(24)20-18)7-10-9-27-15-3-2-11(22(25)26)6-12(15)16(10)23/h2-3,6,9H,4-5,7-8H2,1H3,(H,19,20,24). The Bertz CT molecular complexity index is 1200. The summed E-state index contributed by atoms with van der Waals surface area (Å²) in [6, 6.07) is 3.95. The molecule has 1 aromatic carbocycles. The summed E-state index contributed by atoms with van der Waals surface area (Å²) in [5, 5.41) is 11.7. The van der Waals surface area contributed by atoms with Crippen LogP contribution in [0.1, 0.15) is 16.8 Å². The number of aromatic amines is 1. The van der Waals surface area contributed by atoms with Crippen molar-refractivity contribution in [2.75, 3.05) is 12.8 Å². The van der Waals surface area contributed by atoms with E-state index >= 15 is 0 Å². The number of nitro benzene ring substituents is 1. The van der Waals surface area contributed by atoms with E-state index in [1.54, 1.807) is 0 Å². The van der Waals surface area contributed by atoms with Crippen molar-refractivity contribution in [3.8, 4) is 0 Å². The number of benzene rings is 1. The third-order valence-corrected chi connectivity index (χ3v) is 5.33. The minimum absolute atomic E-state index is 0.161. The van der Waals surface area contributed by atoms with Gasteiger partial charge in [-0.25, -0.2) is 4.98 Å². The molecule has 1 aliphatic rings. The van der Waals surface area contributed by atoms with Crippen LogP contribution in [0.25, 0.3) is 11.0 Å². The molecule has 1 N–H and O–H groups in total. The maximum atomic E-state index is 12.8. The summed E-state index contributed by atoms with van der Waals surface area (Å²) in [4.78, 5) is 44.7. The van der Waals surface area contributed by atoms with Crippen LogP contribution < -0.4 is 11.0 Å². The third-order valence-electron chi connectivity index (χ3n) is 4.75. The van der Waals surface area contributed by atoms with Crippen molar-refractivity contribution >= 4 is 28.4 Å². The molecule has 3 aromatic rings. The van der Waals surface area contributed by atoms with E-state index in [9.17, 15) is 19.7 Å². The highest BCUT2D eigenvalue weighted by Gasteiger charge is 2.22. The normalized spacial score (nSPS) is 14.2. The second kappa shape index (κ2) is 7.21. The lowest BCUT2D eigenvalue weighted by Crippen LogP contribution is -2.36. The lowest BCUT2D eigenvalue weighted by atomic mass is 10.1. The summed E-state index contributed by atoms with van der Waals surface area (Å²) in [6.45, 7) is 1.30. The summed E-state index contributed by atoms with van der Waals surface area (Å²) in [5.41, 5.74) is 1.44. The van der Waals surface area contributed by atoms with Crippen LogP contribution in [0, 0.1) is 10.1 Å². The topological polar surface area (TPSA) is 122 Å². The number of nitrogens with one attached hydrogen (secondary N) is 1. The molecule has 0 saturated carbocycles. The predicted molar refractivity (Wildman–Crippen MR) is 104 cm³/mol. The van der Waals surface area contributed by atoms with E-state index in [0.29, 0.717) is 41.4 Å². The molecule has 0 amide bonds. The van der Waals surface area contributed by atoms with Gasteiger partial charge in [0.15, 0.2) is 10.6 Å². The molecule has 10 heteroatoms. The molecule has 0 saturated heterocycles. The van der Waals surface area contributed by atoms with Crippen molar-refractivity contribution in [3.63, 3.8) is 0 Å². The highest BCUT2D eigenvalue weighted by atomic mass is 32.2. The molecule has 28 heavy (non-hydrogen) atoms. The minimum Gasteiger partial charge on any atom is -0.464 e. The molecule has 3 heterocycles. The van der Waals surface area contributed by atoms with Gasteiger partial charge in [-0.1, -0.05) is 11.8 Å². The molecule has 0 unspecified atom stereocenters. The molecule has 0 bridgehead atoms. The van der Waals surface area contributed by atoms with Crippen LogP contribution in [0.4, 0.5) is 5.69 Å². The molecule has 0 spiro atoms. The highest BCUT2D eigenvalue weighted by Crippen LogP contribution is 2.21. The first-order valence-corrected chi connectivity index (χ1v) is 9.76. The van der Waals surface area contributed by atoms with Gasteiger partial charge in [0.25, 0.3) is 11.2 Å².